The number of ketones is 1. The SMILES string of the molecule is COc1ccc(C(=O)NCC(=O)OCC(=O)c2cc(C)n(-c3ccc4c(c3)OCCO4)c2C)cc1. The second-order valence-electron chi connectivity index (χ2n) is 7.94. The van der Waals surface area contributed by atoms with E-state index in [-0.39, 0.29) is 12.3 Å². The van der Waals surface area contributed by atoms with E-state index in [9.17, 15) is 14.4 Å². The fourth-order valence-corrected chi connectivity index (χ4v) is 3.89. The average Bonchev–Trinajstić information content (AvgIpc) is 3.19. The highest BCUT2D eigenvalue weighted by atomic mass is 16.6. The number of hydrogen-bond donors (Lipinski definition) is 1. The molecule has 0 saturated carbocycles. The number of benzene rings is 2. The average molecular weight is 479 g/mol. The molecular formula is C26H26N2O7. The van der Waals surface area contributed by atoms with Crippen molar-refractivity contribution in [1.29, 1.82) is 0 Å². The topological polar surface area (TPSA) is 105 Å². The van der Waals surface area contributed by atoms with E-state index in [1.54, 1.807) is 30.3 Å². The van der Waals surface area contributed by atoms with Crippen LogP contribution in [-0.4, -0.2) is 55.7 Å². The molecule has 35 heavy (non-hydrogen) atoms. The van der Waals surface area contributed by atoms with Gasteiger partial charge in [-0.25, -0.2) is 0 Å². The first-order valence-electron chi connectivity index (χ1n) is 11.1. The number of methoxy groups -OCH3 is 1. The van der Waals surface area contributed by atoms with Gasteiger partial charge in [-0.2, -0.15) is 0 Å². The zero-order valence-corrected chi connectivity index (χ0v) is 19.8. The molecule has 0 fully saturated rings. The molecule has 0 spiro atoms. The number of ether oxygens (including phenoxy) is 4. The summed E-state index contributed by atoms with van der Waals surface area (Å²) in [5, 5.41) is 2.48. The van der Waals surface area contributed by atoms with E-state index >= 15 is 0 Å². The van der Waals surface area contributed by atoms with Crippen molar-refractivity contribution < 1.29 is 33.3 Å². The van der Waals surface area contributed by atoms with Crippen LogP contribution in [0.15, 0.2) is 48.5 Å². The summed E-state index contributed by atoms with van der Waals surface area (Å²) in [6.45, 7) is 3.93. The van der Waals surface area contributed by atoms with Crippen molar-refractivity contribution in [2.24, 2.45) is 0 Å². The Morgan fingerprint density at radius 3 is 2.40 bits per heavy atom. The van der Waals surface area contributed by atoms with Crippen molar-refractivity contribution in [3.05, 3.63) is 71.0 Å². The number of amides is 1. The van der Waals surface area contributed by atoms with Crippen LogP contribution in [0, 0.1) is 13.8 Å². The van der Waals surface area contributed by atoms with Gasteiger partial charge >= 0.3 is 5.97 Å². The quantitative estimate of drug-likeness (QED) is 0.392. The lowest BCUT2D eigenvalue weighted by molar-refractivity contribution is -0.141. The molecule has 1 amide bonds. The standard InChI is InChI=1S/C26H26N2O7/c1-16-12-21(17(2)28(16)19-6-9-23-24(13-19)34-11-10-33-23)22(29)15-35-25(30)14-27-26(31)18-4-7-20(32-3)8-5-18/h4-9,12-13H,10-11,14-15H2,1-3H3,(H,27,31). The van der Waals surface area contributed by atoms with E-state index in [1.165, 1.54) is 7.11 Å². The van der Waals surface area contributed by atoms with Crippen LogP contribution >= 0.6 is 0 Å². The van der Waals surface area contributed by atoms with E-state index in [1.807, 2.05) is 36.6 Å². The molecule has 4 rings (SSSR count). The molecule has 1 aliphatic rings. The molecule has 9 nitrogen and oxygen atoms in total. The Morgan fingerprint density at radius 2 is 1.69 bits per heavy atom. The molecule has 182 valence electrons. The lowest BCUT2D eigenvalue weighted by atomic mass is 10.1. The van der Waals surface area contributed by atoms with Gasteiger partial charge in [-0.3, -0.25) is 14.4 Å². The Bertz CT molecular complexity index is 1260. The lowest BCUT2D eigenvalue weighted by Gasteiger charge is -2.20. The minimum absolute atomic E-state index is 0.336. The van der Waals surface area contributed by atoms with Crippen molar-refractivity contribution in [3.8, 4) is 22.9 Å². The van der Waals surface area contributed by atoms with Gasteiger partial charge in [0.2, 0.25) is 5.78 Å². The first-order valence-corrected chi connectivity index (χ1v) is 11.1. The molecule has 0 bridgehead atoms. The first kappa shape index (κ1) is 23.9. The molecular weight excluding hydrogens is 452 g/mol. The number of esters is 1. The van der Waals surface area contributed by atoms with E-state index in [2.05, 4.69) is 5.32 Å². The molecule has 0 atom stereocenters. The number of aromatic nitrogens is 1. The van der Waals surface area contributed by atoms with E-state index in [0.29, 0.717) is 47.3 Å². The summed E-state index contributed by atoms with van der Waals surface area (Å²) >= 11 is 0. The number of hydrogen-bond acceptors (Lipinski definition) is 7. The molecule has 0 aliphatic carbocycles. The van der Waals surface area contributed by atoms with Gasteiger partial charge in [-0.1, -0.05) is 0 Å². The first-order chi connectivity index (χ1) is 16.9. The van der Waals surface area contributed by atoms with Crippen molar-refractivity contribution in [1.82, 2.24) is 9.88 Å². The van der Waals surface area contributed by atoms with Gasteiger partial charge in [0.1, 0.15) is 25.5 Å². The third-order valence-corrected chi connectivity index (χ3v) is 5.63. The van der Waals surface area contributed by atoms with E-state index in [4.69, 9.17) is 18.9 Å². The minimum Gasteiger partial charge on any atom is -0.497 e. The maximum absolute atomic E-state index is 12.8. The number of rotatable bonds is 8. The number of carbonyl (C=O) groups is 3. The van der Waals surface area contributed by atoms with Crippen LogP contribution < -0.4 is 19.5 Å². The van der Waals surface area contributed by atoms with Gasteiger partial charge in [-0.05, 0) is 56.3 Å². The molecule has 2 heterocycles. The summed E-state index contributed by atoms with van der Waals surface area (Å²) in [5.74, 6) is 0.480. The zero-order chi connectivity index (χ0) is 24.9. The normalized spacial score (nSPS) is 12.1. The number of aryl methyl sites for hydroxylation is 1. The number of Topliss-reactive ketones (excluding diaryl/α,β-unsaturated/α-hetero) is 1. The minimum atomic E-state index is -0.708. The Labute approximate surface area is 202 Å². The fraction of sp³-hybridized carbons (Fsp3) is 0.269. The Morgan fingerprint density at radius 1 is 0.971 bits per heavy atom. The largest absolute Gasteiger partial charge is 0.497 e. The molecule has 0 radical (unpaired) electrons. The van der Waals surface area contributed by atoms with Gasteiger partial charge in [0, 0.05) is 34.3 Å². The Hall–Kier alpha value is -4.27. The molecule has 0 saturated heterocycles. The molecule has 2 aromatic carbocycles. The summed E-state index contributed by atoms with van der Waals surface area (Å²) in [6.07, 6.45) is 0. The van der Waals surface area contributed by atoms with Gasteiger partial charge in [0.05, 0.1) is 7.11 Å². The number of nitrogens with one attached hydrogen (secondary N) is 1. The van der Waals surface area contributed by atoms with Gasteiger partial charge in [0.25, 0.3) is 5.91 Å². The van der Waals surface area contributed by atoms with Crippen LogP contribution in [-0.2, 0) is 9.53 Å². The van der Waals surface area contributed by atoms with E-state index < -0.39 is 18.5 Å². The van der Waals surface area contributed by atoms with Crippen molar-refractivity contribution in [3.63, 3.8) is 0 Å². The molecule has 3 aromatic rings. The Balaban J connectivity index is 1.35. The predicted molar refractivity (Wildman–Crippen MR) is 127 cm³/mol. The van der Waals surface area contributed by atoms with Crippen LogP contribution in [0.5, 0.6) is 17.2 Å². The highest BCUT2D eigenvalue weighted by Gasteiger charge is 2.20. The maximum Gasteiger partial charge on any atom is 0.325 e. The molecule has 1 aliphatic heterocycles. The van der Waals surface area contributed by atoms with Crippen LogP contribution in [0.25, 0.3) is 5.69 Å². The fourth-order valence-electron chi connectivity index (χ4n) is 3.89. The monoisotopic (exact) mass is 478 g/mol. The van der Waals surface area contributed by atoms with Gasteiger partial charge < -0.3 is 28.8 Å². The maximum atomic E-state index is 12.8. The summed E-state index contributed by atoms with van der Waals surface area (Å²) in [6, 6.07) is 13.8. The molecule has 1 aromatic heterocycles. The molecule has 1 N–H and O–H groups in total. The predicted octanol–water partition coefficient (Wildman–Crippen LogP) is 3.03. The van der Waals surface area contributed by atoms with Crippen molar-refractivity contribution in [2.45, 2.75) is 13.8 Å². The number of fused-ring (bicyclic) bond motifs is 1. The van der Waals surface area contributed by atoms with Crippen LogP contribution in [0.3, 0.4) is 0 Å². The van der Waals surface area contributed by atoms with Crippen LogP contribution in [0.4, 0.5) is 0 Å². The molecule has 9 heteroatoms. The molecule has 0 unspecified atom stereocenters. The zero-order valence-electron chi connectivity index (χ0n) is 19.8. The lowest BCUT2D eigenvalue weighted by Crippen LogP contribution is -2.31. The summed E-state index contributed by atoms with van der Waals surface area (Å²) in [4.78, 5) is 37.0. The third kappa shape index (κ3) is 5.29. The van der Waals surface area contributed by atoms with Crippen molar-refractivity contribution >= 4 is 17.7 Å². The summed E-state index contributed by atoms with van der Waals surface area (Å²) < 4.78 is 23.3. The van der Waals surface area contributed by atoms with Crippen LogP contribution in [0.1, 0.15) is 32.1 Å². The Kier molecular flexibility index (Phi) is 7.05. The smallest absolute Gasteiger partial charge is 0.325 e. The van der Waals surface area contributed by atoms with Gasteiger partial charge in [0.15, 0.2) is 18.1 Å². The second kappa shape index (κ2) is 10.3. The summed E-state index contributed by atoms with van der Waals surface area (Å²) in [5.41, 5.74) is 3.23. The third-order valence-electron chi connectivity index (χ3n) is 5.63. The summed E-state index contributed by atoms with van der Waals surface area (Å²) in [7, 11) is 1.53. The number of carbonyl (C=O) groups excluding carboxylic acids is 3. The highest BCUT2D eigenvalue weighted by Crippen LogP contribution is 2.33. The second-order valence-corrected chi connectivity index (χ2v) is 7.94. The van der Waals surface area contributed by atoms with Crippen molar-refractivity contribution in [2.75, 3.05) is 33.5 Å². The van der Waals surface area contributed by atoms with E-state index in [0.717, 1.165) is 11.4 Å². The van der Waals surface area contributed by atoms with Gasteiger partial charge in [-0.15, -0.1) is 0 Å². The number of nitrogens with zero attached hydrogens (tertiary/aromatic N) is 1. The highest BCUT2D eigenvalue weighted by molar-refractivity contribution is 6.00. The van der Waals surface area contributed by atoms with Crippen LogP contribution in [0.2, 0.25) is 0 Å².